The normalized spacial score (nSPS) is 12.9. The molecule has 1 atom stereocenters. The van der Waals surface area contributed by atoms with Gasteiger partial charge in [-0.1, -0.05) is 48.6 Å². The molecule has 0 aliphatic heterocycles. The zero-order valence-corrected chi connectivity index (χ0v) is 22.3. The number of thiophene rings is 1. The SMILES string of the molecule is C/C=C\C(C=C(/C=C/Cc1nc(N)nn1-c1cc(OCc2ccccc2-c2cccs2)ncn1)OC)OC. The standard InChI is InChI=1S/C28H30N6O3S/c1-4-9-21(35-2)16-22(36-3)11-7-14-25-32-28(29)33-34(25)26-17-27(31-19-30-26)37-18-20-10-5-6-12-23(20)24-13-8-15-38-24/h4-13,15-17,19,21H,14,18H2,1-3H3,(H2,29,33)/b9-4-,11-7+,22-16?. The molecule has 0 saturated carbocycles. The van der Waals surface area contributed by atoms with Gasteiger partial charge in [-0.05, 0) is 41.6 Å². The number of nitrogens with two attached hydrogens (primary N) is 1. The van der Waals surface area contributed by atoms with Gasteiger partial charge in [-0.3, -0.25) is 0 Å². The van der Waals surface area contributed by atoms with Crippen LogP contribution in [0.1, 0.15) is 18.3 Å². The molecule has 38 heavy (non-hydrogen) atoms. The monoisotopic (exact) mass is 530 g/mol. The van der Waals surface area contributed by atoms with Crippen LogP contribution in [-0.4, -0.2) is 45.1 Å². The molecular formula is C28H30N6O3S. The first kappa shape index (κ1) is 26.8. The van der Waals surface area contributed by atoms with Crippen molar-refractivity contribution in [1.29, 1.82) is 0 Å². The van der Waals surface area contributed by atoms with Gasteiger partial charge in [-0.25, -0.2) is 9.97 Å². The molecule has 10 heteroatoms. The summed E-state index contributed by atoms with van der Waals surface area (Å²) in [7, 11) is 3.26. The summed E-state index contributed by atoms with van der Waals surface area (Å²) in [6.45, 7) is 2.30. The van der Waals surface area contributed by atoms with Crippen molar-refractivity contribution < 1.29 is 14.2 Å². The molecule has 2 N–H and O–H groups in total. The number of nitrogens with zero attached hydrogens (tertiary/aromatic N) is 5. The molecule has 1 unspecified atom stereocenters. The number of hydrogen-bond acceptors (Lipinski definition) is 9. The fourth-order valence-corrected chi connectivity index (χ4v) is 4.49. The van der Waals surface area contributed by atoms with Gasteiger partial charge >= 0.3 is 0 Å². The molecule has 4 rings (SSSR count). The number of aromatic nitrogens is 5. The Hall–Kier alpha value is -4.28. The molecular weight excluding hydrogens is 500 g/mol. The highest BCUT2D eigenvalue weighted by molar-refractivity contribution is 7.13. The number of methoxy groups -OCH3 is 2. The van der Waals surface area contributed by atoms with Crippen molar-refractivity contribution in [3.05, 3.63) is 102 Å². The molecule has 0 spiro atoms. The minimum atomic E-state index is -0.185. The predicted molar refractivity (Wildman–Crippen MR) is 149 cm³/mol. The summed E-state index contributed by atoms with van der Waals surface area (Å²) in [5.41, 5.74) is 8.13. The van der Waals surface area contributed by atoms with Crippen molar-refractivity contribution in [3.8, 4) is 22.1 Å². The number of nitrogen functional groups attached to an aromatic ring is 1. The van der Waals surface area contributed by atoms with Gasteiger partial charge in [-0.15, -0.1) is 16.4 Å². The Labute approximate surface area is 226 Å². The van der Waals surface area contributed by atoms with Crippen LogP contribution in [0, 0.1) is 0 Å². The second-order valence-corrected chi connectivity index (χ2v) is 8.99. The van der Waals surface area contributed by atoms with Gasteiger partial charge in [0.2, 0.25) is 11.8 Å². The summed E-state index contributed by atoms with van der Waals surface area (Å²) in [6, 6.07) is 14.0. The average Bonchev–Trinajstić information content (AvgIpc) is 3.61. The smallest absolute Gasteiger partial charge is 0.240 e. The Morgan fingerprint density at radius 3 is 2.79 bits per heavy atom. The Kier molecular flexibility index (Phi) is 9.38. The van der Waals surface area contributed by atoms with E-state index in [1.54, 1.807) is 36.3 Å². The van der Waals surface area contributed by atoms with E-state index >= 15 is 0 Å². The first-order valence-corrected chi connectivity index (χ1v) is 12.9. The van der Waals surface area contributed by atoms with E-state index in [4.69, 9.17) is 19.9 Å². The average molecular weight is 531 g/mol. The maximum atomic E-state index is 6.04. The van der Waals surface area contributed by atoms with E-state index in [9.17, 15) is 0 Å². The highest BCUT2D eigenvalue weighted by Crippen LogP contribution is 2.28. The Morgan fingerprint density at radius 2 is 2.03 bits per heavy atom. The van der Waals surface area contributed by atoms with E-state index in [0.717, 1.165) is 11.1 Å². The van der Waals surface area contributed by atoms with Gasteiger partial charge in [0, 0.05) is 24.5 Å². The van der Waals surface area contributed by atoms with Crippen LogP contribution < -0.4 is 10.5 Å². The van der Waals surface area contributed by atoms with Crippen molar-refractivity contribution in [3.63, 3.8) is 0 Å². The van der Waals surface area contributed by atoms with Crippen LogP contribution in [-0.2, 0) is 22.5 Å². The molecule has 9 nitrogen and oxygen atoms in total. The van der Waals surface area contributed by atoms with Gasteiger partial charge in [0.05, 0.1) is 13.2 Å². The Balaban J connectivity index is 1.49. The molecule has 3 heterocycles. The second-order valence-electron chi connectivity index (χ2n) is 8.04. The summed E-state index contributed by atoms with van der Waals surface area (Å²) < 4.78 is 18.5. The number of benzene rings is 1. The van der Waals surface area contributed by atoms with E-state index in [2.05, 4.69) is 43.6 Å². The van der Waals surface area contributed by atoms with Crippen LogP contribution in [0.4, 0.5) is 5.95 Å². The largest absolute Gasteiger partial charge is 0.497 e. The first-order chi connectivity index (χ1) is 18.6. The number of ether oxygens (including phenoxy) is 3. The Bertz CT molecular complexity index is 1410. The zero-order chi connectivity index (χ0) is 26.7. The van der Waals surface area contributed by atoms with Gasteiger partial charge < -0.3 is 19.9 Å². The van der Waals surface area contributed by atoms with Gasteiger partial charge in [0.1, 0.15) is 24.5 Å². The van der Waals surface area contributed by atoms with Crippen LogP contribution in [0.2, 0.25) is 0 Å². The minimum absolute atomic E-state index is 0.148. The van der Waals surface area contributed by atoms with E-state index in [1.807, 2.05) is 55.5 Å². The highest BCUT2D eigenvalue weighted by atomic mass is 32.1. The topological polar surface area (TPSA) is 110 Å². The molecule has 3 aromatic heterocycles. The number of anilines is 1. The van der Waals surface area contributed by atoms with E-state index in [-0.39, 0.29) is 12.1 Å². The predicted octanol–water partition coefficient (Wildman–Crippen LogP) is 5.17. The summed E-state index contributed by atoms with van der Waals surface area (Å²) in [6.07, 6.45) is 11.2. The van der Waals surface area contributed by atoms with E-state index in [0.29, 0.717) is 36.3 Å². The maximum Gasteiger partial charge on any atom is 0.240 e. The van der Waals surface area contributed by atoms with Crippen LogP contribution in [0.15, 0.2) is 90.3 Å². The maximum absolute atomic E-state index is 6.04. The first-order valence-electron chi connectivity index (χ1n) is 12.0. The van der Waals surface area contributed by atoms with Crippen LogP contribution in [0.3, 0.4) is 0 Å². The zero-order valence-electron chi connectivity index (χ0n) is 21.5. The third kappa shape index (κ3) is 6.93. The molecule has 0 aliphatic carbocycles. The van der Waals surface area contributed by atoms with Gasteiger partial charge in [0.15, 0.2) is 5.82 Å². The number of allylic oxidation sites excluding steroid dienone is 3. The van der Waals surface area contributed by atoms with Crippen molar-refractivity contribution in [2.45, 2.75) is 26.1 Å². The molecule has 0 amide bonds. The van der Waals surface area contributed by atoms with Crippen molar-refractivity contribution in [2.75, 3.05) is 20.0 Å². The fourth-order valence-electron chi connectivity index (χ4n) is 3.70. The van der Waals surface area contributed by atoms with Crippen LogP contribution in [0.5, 0.6) is 5.88 Å². The molecule has 0 saturated heterocycles. The highest BCUT2D eigenvalue weighted by Gasteiger charge is 2.13. The van der Waals surface area contributed by atoms with Crippen molar-refractivity contribution in [2.24, 2.45) is 0 Å². The van der Waals surface area contributed by atoms with Crippen molar-refractivity contribution >= 4 is 17.3 Å². The molecule has 0 aliphatic rings. The van der Waals surface area contributed by atoms with Crippen molar-refractivity contribution in [1.82, 2.24) is 24.7 Å². The molecule has 196 valence electrons. The lowest BCUT2D eigenvalue weighted by atomic mass is 10.1. The third-order valence-corrected chi connectivity index (χ3v) is 6.42. The lowest BCUT2D eigenvalue weighted by Crippen LogP contribution is -2.07. The Morgan fingerprint density at radius 1 is 1.16 bits per heavy atom. The third-order valence-electron chi connectivity index (χ3n) is 5.52. The van der Waals surface area contributed by atoms with Gasteiger partial charge in [-0.2, -0.15) is 9.67 Å². The van der Waals surface area contributed by atoms with Crippen LogP contribution in [0.25, 0.3) is 16.3 Å². The van der Waals surface area contributed by atoms with E-state index in [1.165, 1.54) is 11.2 Å². The molecule has 1 aromatic carbocycles. The minimum Gasteiger partial charge on any atom is -0.497 e. The quantitative estimate of drug-likeness (QED) is 0.152. The lowest BCUT2D eigenvalue weighted by molar-refractivity contribution is 0.172. The molecule has 4 aromatic rings. The summed E-state index contributed by atoms with van der Waals surface area (Å²) in [5.74, 6) is 2.34. The van der Waals surface area contributed by atoms with Crippen LogP contribution >= 0.6 is 11.3 Å². The molecule has 0 bridgehead atoms. The lowest BCUT2D eigenvalue weighted by Gasteiger charge is -2.10. The molecule has 0 fully saturated rings. The molecule has 0 radical (unpaired) electrons. The second kappa shape index (κ2) is 13.3. The van der Waals surface area contributed by atoms with Gasteiger partial charge in [0.25, 0.3) is 0 Å². The van der Waals surface area contributed by atoms with E-state index < -0.39 is 0 Å². The number of hydrogen-bond donors (Lipinski definition) is 1. The number of rotatable bonds is 12. The summed E-state index contributed by atoms with van der Waals surface area (Å²) >= 11 is 1.69. The fraction of sp³-hybridized carbons (Fsp3) is 0.214. The summed E-state index contributed by atoms with van der Waals surface area (Å²) in [5, 5.41) is 6.38. The summed E-state index contributed by atoms with van der Waals surface area (Å²) in [4.78, 5) is 14.2.